The van der Waals surface area contributed by atoms with E-state index in [1.807, 2.05) is 36.4 Å². The molecule has 27 heavy (non-hydrogen) atoms. The Morgan fingerprint density at radius 2 is 1.70 bits per heavy atom. The van der Waals surface area contributed by atoms with Crippen LogP contribution in [0.25, 0.3) is 10.8 Å². The van der Waals surface area contributed by atoms with Gasteiger partial charge < -0.3 is 29.2 Å². The highest BCUT2D eigenvalue weighted by molar-refractivity contribution is 6.04. The van der Waals surface area contributed by atoms with Crippen molar-refractivity contribution in [3.8, 4) is 11.5 Å². The molecule has 2 saturated heterocycles. The zero-order chi connectivity index (χ0) is 18.2. The number of fused-ring (bicyclic) bond motifs is 2. The number of hydrogen-bond acceptors (Lipinski definition) is 7. The van der Waals surface area contributed by atoms with E-state index in [4.69, 9.17) is 18.9 Å². The highest BCUT2D eigenvalue weighted by atomic mass is 16.8. The molecule has 0 bridgehead atoms. The van der Waals surface area contributed by atoms with E-state index in [2.05, 4.69) is 0 Å². The molecule has 1 saturated carbocycles. The van der Waals surface area contributed by atoms with Crippen molar-refractivity contribution >= 4 is 16.6 Å². The molecular formula is C20H14O7. The number of aliphatic hydroxyl groups is 2. The molecule has 3 heterocycles. The van der Waals surface area contributed by atoms with Gasteiger partial charge in [0, 0.05) is 0 Å². The van der Waals surface area contributed by atoms with Crippen LogP contribution in [-0.4, -0.2) is 57.4 Å². The molecule has 2 N–H and O–H groups in total. The first-order chi connectivity index (χ1) is 13.1. The lowest BCUT2D eigenvalue weighted by molar-refractivity contribution is -0.207. The van der Waals surface area contributed by atoms with E-state index in [0.717, 1.165) is 10.8 Å². The van der Waals surface area contributed by atoms with Crippen molar-refractivity contribution in [1.29, 1.82) is 0 Å². The van der Waals surface area contributed by atoms with E-state index in [1.165, 1.54) is 12.2 Å². The molecule has 1 spiro atoms. The van der Waals surface area contributed by atoms with Crippen LogP contribution in [0.15, 0.2) is 48.6 Å². The van der Waals surface area contributed by atoms with Crippen molar-refractivity contribution in [2.24, 2.45) is 0 Å². The van der Waals surface area contributed by atoms with Gasteiger partial charge in [0.1, 0.15) is 29.8 Å². The highest BCUT2D eigenvalue weighted by Crippen LogP contribution is 2.71. The zero-order valence-corrected chi connectivity index (χ0v) is 13.9. The molecule has 136 valence electrons. The van der Waals surface area contributed by atoms with Gasteiger partial charge in [-0.25, -0.2) is 0 Å². The number of hydrogen-bond donors (Lipinski definition) is 2. The highest BCUT2D eigenvalue weighted by Gasteiger charge is 2.99. The van der Waals surface area contributed by atoms with Gasteiger partial charge in [-0.3, -0.25) is 4.79 Å². The van der Waals surface area contributed by atoms with Gasteiger partial charge in [-0.15, -0.1) is 0 Å². The predicted octanol–water partition coefficient (Wildman–Crippen LogP) is 0.457. The molecule has 0 aromatic heterocycles. The molecule has 0 radical (unpaired) electrons. The third-order valence-corrected chi connectivity index (χ3v) is 6.54. The molecule has 2 aliphatic carbocycles. The number of rotatable bonds is 0. The molecule has 3 fully saturated rings. The lowest BCUT2D eigenvalue weighted by atomic mass is 9.66. The molecule has 7 rings (SSSR count). The number of epoxide rings is 2. The third kappa shape index (κ3) is 1.28. The van der Waals surface area contributed by atoms with Crippen molar-refractivity contribution < 1.29 is 34.0 Å². The topological polar surface area (TPSA) is 101 Å². The summed E-state index contributed by atoms with van der Waals surface area (Å²) in [6, 6.07) is 11.3. The second-order valence-electron chi connectivity index (χ2n) is 7.69. The van der Waals surface area contributed by atoms with Gasteiger partial charge in [-0.2, -0.15) is 0 Å². The molecule has 0 amide bonds. The van der Waals surface area contributed by atoms with Crippen molar-refractivity contribution in [2.75, 3.05) is 0 Å². The molecule has 7 heteroatoms. The van der Waals surface area contributed by atoms with Crippen LogP contribution < -0.4 is 9.47 Å². The monoisotopic (exact) mass is 366 g/mol. The number of benzene rings is 2. The normalized spacial score (nSPS) is 44.0. The quantitative estimate of drug-likeness (QED) is 0.653. The van der Waals surface area contributed by atoms with Crippen molar-refractivity contribution in [1.82, 2.24) is 0 Å². The van der Waals surface area contributed by atoms with E-state index in [9.17, 15) is 15.0 Å². The maximum absolute atomic E-state index is 12.7. The second-order valence-corrected chi connectivity index (χ2v) is 7.69. The van der Waals surface area contributed by atoms with Crippen molar-refractivity contribution in [2.45, 2.75) is 41.4 Å². The number of ketones is 1. The number of ether oxygens (including phenoxy) is 4. The third-order valence-electron chi connectivity index (χ3n) is 6.54. The predicted molar refractivity (Wildman–Crippen MR) is 89.3 cm³/mol. The first-order valence-electron chi connectivity index (χ1n) is 8.89. The summed E-state index contributed by atoms with van der Waals surface area (Å²) < 4.78 is 24.3. The van der Waals surface area contributed by atoms with Crippen LogP contribution in [0, 0.1) is 0 Å². The van der Waals surface area contributed by atoms with Crippen molar-refractivity contribution in [3.05, 3.63) is 48.6 Å². The van der Waals surface area contributed by atoms with Gasteiger partial charge in [0.2, 0.25) is 5.60 Å². The zero-order valence-electron chi connectivity index (χ0n) is 13.9. The Balaban J connectivity index is 1.50. The Labute approximate surface area is 152 Å². The lowest BCUT2D eigenvalue weighted by Crippen LogP contribution is -2.73. The van der Waals surface area contributed by atoms with Crippen LogP contribution in [0.1, 0.15) is 0 Å². The van der Waals surface area contributed by atoms with Crippen LogP contribution in [0.4, 0.5) is 0 Å². The fourth-order valence-corrected chi connectivity index (χ4v) is 5.31. The molecule has 7 nitrogen and oxygen atoms in total. The maximum Gasteiger partial charge on any atom is 0.316 e. The summed E-state index contributed by atoms with van der Waals surface area (Å²) in [5.74, 6) is -0.863. The first kappa shape index (κ1) is 14.6. The molecule has 6 unspecified atom stereocenters. The SMILES string of the molecule is O=C1C=CC(O)C23OC12C(O)C1OC1C31Oc2cccc3cccc(c23)O1. The minimum absolute atomic E-state index is 0.419. The number of aliphatic hydroxyl groups excluding tert-OH is 2. The van der Waals surface area contributed by atoms with Gasteiger partial charge >= 0.3 is 5.79 Å². The summed E-state index contributed by atoms with van der Waals surface area (Å²) >= 11 is 0. The summed E-state index contributed by atoms with van der Waals surface area (Å²) in [6.07, 6.45) is -1.11. The van der Waals surface area contributed by atoms with Gasteiger partial charge in [0.15, 0.2) is 17.5 Å². The van der Waals surface area contributed by atoms with E-state index in [0.29, 0.717) is 11.5 Å². The molecule has 6 atom stereocenters. The minimum Gasteiger partial charge on any atom is -0.446 e. The molecule has 2 aromatic carbocycles. The van der Waals surface area contributed by atoms with Gasteiger partial charge in [-0.1, -0.05) is 24.3 Å². The minimum atomic E-state index is -1.63. The van der Waals surface area contributed by atoms with Crippen LogP contribution in [-0.2, 0) is 14.3 Å². The van der Waals surface area contributed by atoms with Crippen LogP contribution in [0.2, 0.25) is 0 Å². The fraction of sp³-hybridized carbons (Fsp3) is 0.350. The molecule has 2 aromatic rings. The summed E-state index contributed by atoms with van der Waals surface area (Å²) in [6.45, 7) is 0. The van der Waals surface area contributed by atoms with Crippen LogP contribution >= 0.6 is 0 Å². The van der Waals surface area contributed by atoms with Crippen LogP contribution in [0.3, 0.4) is 0 Å². The summed E-state index contributed by atoms with van der Waals surface area (Å²) in [7, 11) is 0. The van der Waals surface area contributed by atoms with Crippen molar-refractivity contribution in [3.63, 3.8) is 0 Å². The largest absolute Gasteiger partial charge is 0.446 e. The van der Waals surface area contributed by atoms with Gasteiger partial charge in [0.05, 0.1) is 5.39 Å². The van der Waals surface area contributed by atoms with Gasteiger partial charge in [0.25, 0.3) is 0 Å². The fourth-order valence-electron chi connectivity index (χ4n) is 5.31. The summed E-state index contributed by atoms with van der Waals surface area (Å²) in [5.41, 5.74) is -3.20. The first-order valence-corrected chi connectivity index (χ1v) is 8.89. The molecule has 3 aliphatic heterocycles. The van der Waals surface area contributed by atoms with E-state index in [1.54, 1.807) is 0 Å². The lowest BCUT2D eigenvalue weighted by Gasteiger charge is -2.46. The average Bonchev–Trinajstić information content (AvgIpc) is 3.57. The van der Waals surface area contributed by atoms with E-state index < -0.39 is 47.2 Å². The number of carbonyl (C=O) groups is 1. The van der Waals surface area contributed by atoms with E-state index in [-0.39, 0.29) is 0 Å². The Hall–Kier alpha value is -2.45. The summed E-state index contributed by atoms with van der Waals surface area (Å²) in [5, 5.41) is 23.3. The standard InChI is InChI=1S/C20H14O7/c21-12-7-8-13(22)19-18(12,27-19)16(23)15-17(24-15)20(19)25-10-5-1-3-9-4-2-6-11(26-20)14(9)10/h1-8,13,15-17,22-23H. The average molecular weight is 366 g/mol. The Kier molecular flexibility index (Phi) is 2.17. The van der Waals surface area contributed by atoms with E-state index >= 15 is 0 Å². The Morgan fingerprint density at radius 1 is 1.00 bits per heavy atom. The Bertz CT molecular complexity index is 1050. The van der Waals surface area contributed by atoms with Crippen LogP contribution in [0.5, 0.6) is 11.5 Å². The number of carbonyl (C=O) groups excluding carboxylic acids is 1. The molecular weight excluding hydrogens is 352 g/mol. The maximum atomic E-state index is 12.7. The second kappa shape index (κ2) is 4.02. The summed E-state index contributed by atoms with van der Waals surface area (Å²) in [4.78, 5) is 12.7. The molecule has 5 aliphatic rings. The van der Waals surface area contributed by atoms with Gasteiger partial charge in [-0.05, 0) is 29.7 Å². The Morgan fingerprint density at radius 3 is 2.41 bits per heavy atom. The smallest absolute Gasteiger partial charge is 0.316 e.